The number of hydrazone groups is 1. The largest absolute Gasteiger partial charge is 0.497 e. The van der Waals surface area contributed by atoms with Gasteiger partial charge < -0.3 is 9.64 Å². The maximum Gasteiger partial charge on any atom is 0.262 e. The summed E-state index contributed by atoms with van der Waals surface area (Å²) in [7, 11) is 3.25. The summed E-state index contributed by atoms with van der Waals surface area (Å²) in [5.74, 6) is 0.217. The van der Waals surface area contributed by atoms with Gasteiger partial charge in [-0.25, -0.2) is 9.40 Å². The number of amides is 2. The zero-order valence-electron chi connectivity index (χ0n) is 17.0. The van der Waals surface area contributed by atoms with Crippen molar-refractivity contribution in [1.29, 1.82) is 0 Å². The van der Waals surface area contributed by atoms with E-state index in [1.54, 1.807) is 26.3 Å². The molecule has 1 unspecified atom stereocenters. The summed E-state index contributed by atoms with van der Waals surface area (Å²) in [4.78, 5) is 26.8. The number of methoxy groups -OCH3 is 1. The summed E-state index contributed by atoms with van der Waals surface area (Å²) in [6, 6.07) is 13.3. The van der Waals surface area contributed by atoms with E-state index in [1.165, 1.54) is 22.0 Å². The predicted molar refractivity (Wildman–Crippen MR) is 110 cm³/mol. The molecule has 1 atom stereocenters. The van der Waals surface area contributed by atoms with Gasteiger partial charge in [0, 0.05) is 19.4 Å². The molecule has 1 heterocycles. The van der Waals surface area contributed by atoms with E-state index in [-0.39, 0.29) is 36.1 Å². The van der Waals surface area contributed by atoms with Crippen molar-refractivity contribution in [2.45, 2.75) is 25.3 Å². The van der Waals surface area contributed by atoms with E-state index in [9.17, 15) is 14.0 Å². The number of benzene rings is 2. The number of rotatable bonds is 6. The molecule has 0 saturated heterocycles. The monoisotopic (exact) mass is 409 g/mol. The number of hydrogen-bond acceptors (Lipinski definition) is 4. The summed E-state index contributed by atoms with van der Waals surface area (Å²) in [6.07, 6.45) is 2.29. The fraction of sp³-hybridized carbons (Fsp3) is 0.348. The summed E-state index contributed by atoms with van der Waals surface area (Å²) in [5.41, 5.74) is 2.40. The minimum atomic E-state index is -0.322. The van der Waals surface area contributed by atoms with Gasteiger partial charge in [0.05, 0.1) is 18.9 Å². The number of carbonyl (C=O) groups excluding carboxylic acids is 2. The first-order valence-electron chi connectivity index (χ1n) is 10.0. The number of carbonyl (C=O) groups is 2. The summed E-state index contributed by atoms with van der Waals surface area (Å²) in [5, 5.41) is 6.03. The summed E-state index contributed by atoms with van der Waals surface area (Å²) >= 11 is 0. The zero-order valence-corrected chi connectivity index (χ0v) is 17.0. The normalized spacial score (nSPS) is 18.2. The second-order valence-corrected chi connectivity index (χ2v) is 7.75. The Labute approximate surface area is 174 Å². The van der Waals surface area contributed by atoms with Crippen LogP contribution in [0.5, 0.6) is 5.75 Å². The van der Waals surface area contributed by atoms with Gasteiger partial charge in [-0.3, -0.25) is 9.59 Å². The van der Waals surface area contributed by atoms with Gasteiger partial charge in [0.15, 0.2) is 0 Å². The average molecular weight is 409 g/mol. The Hall–Kier alpha value is -3.22. The third-order valence-electron chi connectivity index (χ3n) is 5.52. The Bertz CT molecular complexity index is 968. The maximum atomic E-state index is 13.3. The van der Waals surface area contributed by atoms with Crippen LogP contribution in [0.2, 0.25) is 0 Å². The van der Waals surface area contributed by atoms with Crippen LogP contribution >= 0.6 is 0 Å². The average Bonchev–Trinajstić information content (AvgIpc) is 3.51. The smallest absolute Gasteiger partial charge is 0.262 e. The summed E-state index contributed by atoms with van der Waals surface area (Å²) in [6.45, 7) is -0.0256. The highest BCUT2D eigenvalue weighted by Gasteiger charge is 2.36. The lowest BCUT2D eigenvalue weighted by atomic mass is 9.98. The number of hydrogen-bond donors (Lipinski definition) is 0. The standard InChI is InChI=1S/C23H24FN3O3/c1-26(23(29)17-3-4-17)14-22(28)27-21(16-7-11-19(30-2)12-8-16)13-20(25-27)15-5-9-18(24)10-6-15/h5-12,17,21H,3-4,13-14H2,1-2H3. The molecule has 0 radical (unpaired) electrons. The molecule has 1 aliphatic heterocycles. The Morgan fingerprint density at radius 1 is 1.13 bits per heavy atom. The molecule has 30 heavy (non-hydrogen) atoms. The van der Waals surface area contributed by atoms with E-state index in [1.807, 2.05) is 24.3 Å². The fourth-order valence-corrected chi connectivity index (χ4v) is 3.64. The first-order valence-corrected chi connectivity index (χ1v) is 10.0. The van der Waals surface area contributed by atoms with E-state index in [2.05, 4.69) is 5.10 Å². The molecule has 1 saturated carbocycles. The van der Waals surface area contributed by atoms with Crippen LogP contribution in [0.4, 0.5) is 4.39 Å². The third-order valence-corrected chi connectivity index (χ3v) is 5.52. The number of likely N-dealkylation sites (N-methyl/N-ethyl adjacent to an activating group) is 1. The molecule has 4 rings (SSSR count). The molecule has 6 nitrogen and oxygen atoms in total. The van der Waals surface area contributed by atoms with Crippen molar-refractivity contribution in [2.24, 2.45) is 11.0 Å². The highest BCUT2D eigenvalue weighted by atomic mass is 19.1. The molecular weight excluding hydrogens is 385 g/mol. The quantitative estimate of drug-likeness (QED) is 0.735. The maximum absolute atomic E-state index is 13.3. The Morgan fingerprint density at radius 2 is 1.80 bits per heavy atom. The van der Waals surface area contributed by atoms with E-state index >= 15 is 0 Å². The highest BCUT2D eigenvalue weighted by molar-refractivity contribution is 6.03. The van der Waals surface area contributed by atoms with Crippen LogP contribution in [0.25, 0.3) is 0 Å². The first-order chi connectivity index (χ1) is 14.5. The molecule has 2 aromatic rings. The van der Waals surface area contributed by atoms with Crippen LogP contribution < -0.4 is 4.74 Å². The Kier molecular flexibility index (Phi) is 5.53. The minimum Gasteiger partial charge on any atom is -0.497 e. The van der Waals surface area contributed by atoms with Gasteiger partial charge in [-0.2, -0.15) is 5.10 Å². The van der Waals surface area contributed by atoms with Crippen LogP contribution in [-0.2, 0) is 9.59 Å². The van der Waals surface area contributed by atoms with Gasteiger partial charge in [0.25, 0.3) is 5.91 Å². The highest BCUT2D eigenvalue weighted by Crippen LogP contribution is 2.34. The van der Waals surface area contributed by atoms with Crippen LogP contribution in [-0.4, -0.2) is 48.1 Å². The molecule has 0 bridgehead atoms. The molecule has 7 heteroatoms. The van der Waals surface area contributed by atoms with E-state index in [0.717, 1.165) is 29.7 Å². The van der Waals surface area contributed by atoms with Crippen molar-refractivity contribution >= 4 is 17.5 Å². The van der Waals surface area contributed by atoms with Crippen molar-refractivity contribution in [3.8, 4) is 5.75 Å². The molecule has 0 spiro atoms. The molecule has 1 aliphatic carbocycles. The van der Waals surface area contributed by atoms with Crippen molar-refractivity contribution in [3.05, 3.63) is 65.5 Å². The van der Waals surface area contributed by atoms with Gasteiger partial charge in [0.1, 0.15) is 18.1 Å². The molecule has 2 aliphatic rings. The van der Waals surface area contributed by atoms with E-state index in [4.69, 9.17) is 4.74 Å². The van der Waals surface area contributed by atoms with Crippen LogP contribution in [0.1, 0.15) is 36.4 Å². The summed E-state index contributed by atoms with van der Waals surface area (Å²) < 4.78 is 18.6. The zero-order chi connectivity index (χ0) is 21.3. The lowest BCUT2D eigenvalue weighted by Crippen LogP contribution is -2.39. The topological polar surface area (TPSA) is 62.2 Å². The minimum absolute atomic E-state index is 0.00582. The van der Waals surface area contributed by atoms with Gasteiger partial charge in [-0.1, -0.05) is 24.3 Å². The predicted octanol–water partition coefficient (Wildman–Crippen LogP) is 3.38. The fourth-order valence-electron chi connectivity index (χ4n) is 3.64. The molecular formula is C23H24FN3O3. The second-order valence-electron chi connectivity index (χ2n) is 7.75. The van der Waals surface area contributed by atoms with Crippen LogP contribution in [0, 0.1) is 11.7 Å². The number of ether oxygens (including phenoxy) is 1. The van der Waals surface area contributed by atoms with Crippen LogP contribution in [0.15, 0.2) is 53.6 Å². The lowest BCUT2D eigenvalue weighted by molar-refractivity contribution is -0.141. The van der Waals surface area contributed by atoms with E-state index < -0.39 is 0 Å². The SMILES string of the molecule is COc1ccc(C2CC(c3ccc(F)cc3)=NN2C(=O)CN(C)C(=O)C2CC2)cc1. The molecule has 0 aromatic heterocycles. The molecule has 156 valence electrons. The first kappa shape index (κ1) is 20.1. The third kappa shape index (κ3) is 4.20. The second kappa shape index (κ2) is 8.26. The van der Waals surface area contributed by atoms with Gasteiger partial charge in [0.2, 0.25) is 5.91 Å². The number of halogens is 1. The van der Waals surface area contributed by atoms with Crippen molar-refractivity contribution < 1.29 is 18.7 Å². The Balaban J connectivity index is 1.59. The molecule has 2 amide bonds. The molecule has 1 fully saturated rings. The molecule has 2 aromatic carbocycles. The van der Waals surface area contributed by atoms with Gasteiger partial charge in [-0.15, -0.1) is 0 Å². The van der Waals surface area contributed by atoms with Gasteiger partial charge >= 0.3 is 0 Å². The lowest BCUT2D eigenvalue weighted by Gasteiger charge is -2.25. The van der Waals surface area contributed by atoms with Crippen LogP contribution in [0.3, 0.4) is 0 Å². The van der Waals surface area contributed by atoms with Crippen molar-refractivity contribution in [2.75, 3.05) is 20.7 Å². The van der Waals surface area contributed by atoms with Crippen molar-refractivity contribution in [1.82, 2.24) is 9.91 Å². The Morgan fingerprint density at radius 3 is 2.40 bits per heavy atom. The van der Waals surface area contributed by atoms with Gasteiger partial charge in [-0.05, 0) is 48.2 Å². The van der Waals surface area contributed by atoms with E-state index in [0.29, 0.717) is 12.1 Å². The van der Waals surface area contributed by atoms with Crippen molar-refractivity contribution in [3.63, 3.8) is 0 Å². The molecule has 0 N–H and O–H groups in total. The number of nitrogens with zero attached hydrogens (tertiary/aromatic N) is 3.